The van der Waals surface area contributed by atoms with Crippen molar-refractivity contribution >= 4 is 47.3 Å². The number of benzene rings is 2. The van der Waals surface area contributed by atoms with Crippen molar-refractivity contribution < 1.29 is 18.7 Å². The maximum Gasteiger partial charge on any atom is 0.259 e. The van der Waals surface area contributed by atoms with Gasteiger partial charge in [-0.2, -0.15) is 0 Å². The minimum atomic E-state index is -0.624. The average Bonchev–Trinajstić information content (AvgIpc) is 2.90. The smallest absolute Gasteiger partial charge is 0.259 e. The van der Waals surface area contributed by atoms with Crippen LogP contribution < -0.4 is 20.7 Å². The van der Waals surface area contributed by atoms with Gasteiger partial charge in [0, 0.05) is 18.7 Å². The molecule has 0 saturated carbocycles. The minimum Gasteiger partial charge on any atom is -0.492 e. The molecule has 1 unspecified atom stereocenters. The zero-order valence-electron chi connectivity index (χ0n) is 21.2. The molecule has 0 spiro atoms. The third kappa shape index (κ3) is 7.66. The molecule has 1 fully saturated rings. The quantitative estimate of drug-likeness (QED) is 0.300. The minimum absolute atomic E-state index is 0. The number of hydrogen-bond donors (Lipinski definition) is 3. The molecule has 38 heavy (non-hydrogen) atoms. The zero-order valence-corrected chi connectivity index (χ0v) is 22.8. The Morgan fingerprint density at radius 2 is 1.89 bits per heavy atom. The van der Waals surface area contributed by atoms with Crippen LogP contribution in [0.5, 0.6) is 5.75 Å². The predicted octanol–water partition coefficient (Wildman–Crippen LogP) is 6.30. The summed E-state index contributed by atoms with van der Waals surface area (Å²) in [6, 6.07) is 12.2. The summed E-state index contributed by atoms with van der Waals surface area (Å²) in [6.07, 6.45) is 3.54. The molecule has 202 valence electrons. The Bertz CT molecular complexity index is 1270. The van der Waals surface area contributed by atoms with E-state index in [9.17, 15) is 14.0 Å². The van der Waals surface area contributed by atoms with Gasteiger partial charge in [0.2, 0.25) is 0 Å². The molecule has 1 aromatic heterocycles. The molecule has 4 rings (SSSR count). The Morgan fingerprint density at radius 3 is 2.58 bits per heavy atom. The number of nitrogens with one attached hydrogen (secondary N) is 3. The van der Waals surface area contributed by atoms with E-state index in [1.807, 2.05) is 12.1 Å². The highest BCUT2D eigenvalue weighted by atomic mass is 35.5. The molecule has 1 aliphatic rings. The van der Waals surface area contributed by atoms with Crippen LogP contribution in [0.1, 0.15) is 58.9 Å². The van der Waals surface area contributed by atoms with Crippen molar-refractivity contribution in [1.82, 2.24) is 10.3 Å². The van der Waals surface area contributed by atoms with E-state index in [0.717, 1.165) is 37.6 Å². The summed E-state index contributed by atoms with van der Waals surface area (Å²) in [7, 11) is 0. The van der Waals surface area contributed by atoms with E-state index in [0.29, 0.717) is 28.9 Å². The van der Waals surface area contributed by atoms with Crippen LogP contribution in [0, 0.1) is 11.7 Å². The topological polar surface area (TPSA) is 92.4 Å². The molecule has 3 aromatic rings. The first-order valence-corrected chi connectivity index (χ1v) is 12.7. The van der Waals surface area contributed by atoms with Gasteiger partial charge in [-0.1, -0.05) is 31.5 Å². The number of aromatic nitrogens is 1. The van der Waals surface area contributed by atoms with E-state index in [4.69, 9.17) is 16.3 Å². The van der Waals surface area contributed by atoms with Crippen LogP contribution in [0.3, 0.4) is 0 Å². The summed E-state index contributed by atoms with van der Waals surface area (Å²) < 4.78 is 20.2. The van der Waals surface area contributed by atoms with E-state index in [-0.39, 0.29) is 35.4 Å². The van der Waals surface area contributed by atoms with Crippen LogP contribution in [0.15, 0.2) is 54.7 Å². The zero-order chi connectivity index (χ0) is 26.4. The molecule has 1 saturated heterocycles. The first-order valence-electron chi connectivity index (χ1n) is 12.3. The molecule has 2 aromatic carbocycles. The Hall–Kier alpha value is -3.20. The van der Waals surface area contributed by atoms with Gasteiger partial charge in [0.15, 0.2) is 0 Å². The number of rotatable bonds is 8. The van der Waals surface area contributed by atoms with Gasteiger partial charge in [0.25, 0.3) is 11.8 Å². The molecule has 7 nitrogen and oxygen atoms in total. The van der Waals surface area contributed by atoms with Crippen molar-refractivity contribution in [2.75, 3.05) is 30.3 Å². The molecule has 2 amide bonds. The maximum atomic E-state index is 14.1. The van der Waals surface area contributed by atoms with Crippen LogP contribution in [-0.4, -0.2) is 36.5 Å². The summed E-state index contributed by atoms with van der Waals surface area (Å²) in [5, 5.41) is 9.14. The number of pyridine rings is 1. The van der Waals surface area contributed by atoms with Gasteiger partial charge in [-0.25, -0.2) is 9.37 Å². The first-order chi connectivity index (χ1) is 17.8. The van der Waals surface area contributed by atoms with Crippen LogP contribution in [0.2, 0.25) is 5.02 Å². The highest BCUT2D eigenvalue weighted by molar-refractivity contribution is 6.30. The second-order valence-electron chi connectivity index (χ2n) is 9.39. The van der Waals surface area contributed by atoms with Gasteiger partial charge < -0.3 is 20.7 Å². The van der Waals surface area contributed by atoms with E-state index in [2.05, 4.69) is 34.8 Å². The molecule has 2 heterocycles. The third-order valence-electron chi connectivity index (χ3n) is 6.23. The Kier molecular flexibility index (Phi) is 10.5. The molecule has 1 aliphatic heterocycles. The monoisotopic (exact) mass is 560 g/mol. The maximum absolute atomic E-state index is 14.1. The van der Waals surface area contributed by atoms with Crippen molar-refractivity contribution in [2.45, 2.75) is 32.6 Å². The molecular formula is C28H31Cl2FN4O3. The lowest BCUT2D eigenvalue weighted by Gasteiger charge is -2.24. The first kappa shape index (κ1) is 29.4. The second-order valence-corrected chi connectivity index (χ2v) is 9.83. The number of piperidine rings is 1. The highest BCUT2D eigenvalue weighted by Crippen LogP contribution is 2.28. The molecule has 1 atom stereocenters. The number of halogens is 3. The number of nitrogens with zero attached hydrogens (tertiary/aromatic N) is 1. The van der Waals surface area contributed by atoms with E-state index < -0.39 is 17.6 Å². The number of ether oxygens (including phenoxy) is 1. The normalized spacial score (nSPS) is 14.9. The van der Waals surface area contributed by atoms with Gasteiger partial charge in [0.1, 0.15) is 17.4 Å². The molecule has 10 heteroatoms. The van der Waals surface area contributed by atoms with Crippen molar-refractivity contribution in [3.8, 4) is 5.75 Å². The van der Waals surface area contributed by atoms with Crippen LogP contribution in [0.25, 0.3) is 0 Å². The predicted molar refractivity (Wildman–Crippen MR) is 150 cm³/mol. The van der Waals surface area contributed by atoms with Crippen LogP contribution >= 0.6 is 24.0 Å². The SMILES string of the molecule is CC(C)c1ccc(C(=O)Nc2ccc(F)cc2C(=O)Nc2ccc(Cl)cn2)c(OCC2CCCNC2)c1.Cl. The molecule has 0 bridgehead atoms. The fourth-order valence-electron chi connectivity index (χ4n) is 4.12. The summed E-state index contributed by atoms with van der Waals surface area (Å²) in [5.41, 5.74) is 1.50. The lowest BCUT2D eigenvalue weighted by Crippen LogP contribution is -2.33. The van der Waals surface area contributed by atoms with Gasteiger partial charge in [-0.15, -0.1) is 12.4 Å². The van der Waals surface area contributed by atoms with E-state index in [1.165, 1.54) is 24.4 Å². The standard InChI is InChI=1S/C28H30ClFN4O3.ClH/c1-17(2)19-5-8-22(25(12-19)37-16-18-4-3-11-31-14-18)27(35)33-24-9-7-21(30)13-23(24)28(36)34-26-10-6-20(29)15-32-26;/h5-10,12-13,15,17-18,31H,3-4,11,14,16H2,1-2H3,(H,33,35)(H,32,34,36);1H. The summed E-state index contributed by atoms with van der Waals surface area (Å²) in [5.74, 6) is -0.358. The second kappa shape index (κ2) is 13.6. The Labute approximate surface area is 232 Å². The fraction of sp³-hybridized carbons (Fsp3) is 0.321. The average molecular weight is 561 g/mol. The molecular weight excluding hydrogens is 530 g/mol. The van der Waals surface area contributed by atoms with Crippen LogP contribution in [0.4, 0.5) is 15.9 Å². The Morgan fingerprint density at radius 1 is 1.11 bits per heavy atom. The van der Waals surface area contributed by atoms with Gasteiger partial charge in [0.05, 0.1) is 28.4 Å². The summed E-state index contributed by atoms with van der Waals surface area (Å²) in [6.45, 7) is 6.52. The van der Waals surface area contributed by atoms with E-state index in [1.54, 1.807) is 12.1 Å². The Balaban J connectivity index is 0.00000400. The number of carbonyl (C=O) groups is 2. The van der Waals surface area contributed by atoms with E-state index >= 15 is 0 Å². The highest BCUT2D eigenvalue weighted by Gasteiger charge is 2.21. The summed E-state index contributed by atoms with van der Waals surface area (Å²) in [4.78, 5) is 30.3. The fourth-order valence-corrected chi connectivity index (χ4v) is 4.23. The van der Waals surface area contributed by atoms with Gasteiger partial charge in [-0.05, 0) is 73.3 Å². The van der Waals surface area contributed by atoms with Crippen molar-refractivity contribution in [1.29, 1.82) is 0 Å². The van der Waals surface area contributed by atoms with Gasteiger partial charge >= 0.3 is 0 Å². The number of hydrogen-bond acceptors (Lipinski definition) is 5. The molecule has 0 aliphatic carbocycles. The van der Waals surface area contributed by atoms with Crippen molar-refractivity contribution in [3.63, 3.8) is 0 Å². The lowest BCUT2D eigenvalue weighted by molar-refractivity contribution is 0.102. The van der Waals surface area contributed by atoms with Gasteiger partial charge in [-0.3, -0.25) is 9.59 Å². The van der Waals surface area contributed by atoms with Crippen LogP contribution in [-0.2, 0) is 0 Å². The van der Waals surface area contributed by atoms with Crippen molar-refractivity contribution in [3.05, 3.63) is 82.3 Å². The lowest BCUT2D eigenvalue weighted by atomic mass is 9.99. The summed E-state index contributed by atoms with van der Waals surface area (Å²) >= 11 is 5.85. The third-order valence-corrected chi connectivity index (χ3v) is 6.46. The molecule has 3 N–H and O–H groups in total. The number of anilines is 2. The molecule has 0 radical (unpaired) electrons. The van der Waals surface area contributed by atoms with Crippen molar-refractivity contribution in [2.24, 2.45) is 5.92 Å². The number of amides is 2. The largest absolute Gasteiger partial charge is 0.492 e. The number of carbonyl (C=O) groups excluding carboxylic acids is 2.